The zero-order chi connectivity index (χ0) is 12.5. The first-order valence-electron chi connectivity index (χ1n) is 6.37. The summed E-state index contributed by atoms with van der Waals surface area (Å²) in [6, 6.07) is 0. The van der Waals surface area contributed by atoms with Crippen LogP contribution in [0.4, 0.5) is 0 Å². The molecule has 5 heteroatoms. The fourth-order valence-corrected chi connectivity index (χ4v) is 1.70. The van der Waals surface area contributed by atoms with E-state index in [0.717, 1.165) is 32.3 Å². The third kappa shape index (κ3) is 6.26. The van der Waals surface area contributed by atoms with Crippen LogP contribution in [0.3, 0.4) is 0 Å². The highest BCUT2D eigenvalue weighted by molar-refractivity contribution is 5.84. The predicted molar refractivity (Wildman–Crippen MR) is 64.5 cm³/mol. The van der Waals surface area contributed by atoms with E-state index in [9.17, 15) is 9.59 Å². The minimum absolute atomic E-state index is 0.0564. The van der Waals surface area contributed by atoms with Crippen LogP contribution < -0.4 is 10.6 Å². The van der Waals surface area contributed by atoms with Crippen molar-refractivity contribution >= 4 is 11.8 Å². The molecular weight excluding hydrogens is 220 g/mol. The standard InChI is InChI=1S/C12H22N2O3/c1-2-3-6-11(15)14-9-12(16)13-8-10-5-4-7-17-10/h10H,2-9H2,1H3,(H,13,16)(H,14,15). The Bertz CT molecular complexity index is 250. The number of hydrogen-bond acceptors (Lipinski definition) is 3. The molecule has 1 saturated heterocycles. The van der Waals surface area contributed by atoms with Gasteiger partial charge in [0.05, 0.1) is 12.6 Å². The first kappa shape index (κ1) is 14.0. The Morgan fingerprint density at radius 1 is 1.29 bits per heavy atom. The van der Waals surface area contributed by atoms with Gasteiger partial charge in [-0.05, 0) is 19.3 Å². The molecule has 0 bridgehead atoms. The van der Waals surface area contributed by atoms with Crippen LogP contribution in [0.2, 0.25) is 0 Å². The quantitative estimate of drug-likeness (QED) is 0.686. The first-order chi connectivity index (χ1) is 8.22. The predicted octanol–water partition coefficient (Wildman–Crippen LogP) is 0.588. The topological polar surface area (TPSA) is 67.4 Å². The van der Waals surface area contributed by atoms with E-state index in [1.165, 1.54) is 0 Å². The number of ether oxygens (including phenoxy) is 1. The third-order valence-electron chi connectivity index (χ3n) is 2.75. The lowest BCUT2D eigenvalue weighted by Gasteiger charge is -2.11. The van der Waals surface area contributed by atoms with Crippen molar-refractivity contribution in [2.75, 3.05) is 19.7 Å². The molecule has 0 aromatic carbocycles. The molecule has 17 heavy (non-hydrogen) atoms. The van der Waals surface area contributed by atoms with Gasteiger partial charge in [0.25, 0.3) is 0 Å². The molecule has 1 atom stereocenters. The minimum Gasteiger partial charge on any atom is -0.376 e. The van der Waals surface area contributed by atoms with Crippen LogP contribution in [0.5, 0.6) is 0 Å². The fraction of sp³-hybridized carbons (Fsp3) is 0.833. The molecule has 1 unspecified atom stereocenters. The van der Waals surface area contributed by atoms with E-state index in [1.807, 2.05) is 6.92 Å². The van der Waals surface area contributed by atoms with Crippen LogP contribution in [0.15, 0.2) is 0 Å². The molecule has 1 rings (SSSR count). The van der Waals surface area contributed by atoms with E-state index in [2.05, 4.69) is 10.6 Å². The summed E-state index contributed by atoms with van der Waals surface area (Å²) in [5.74, 6) is -0.204. The van der Waals surface area contributed by atoms with Gasteiger partial charge in [0.2, 0.25) is 11.8 Å². The van der Waals surface area contributed by atoms with Crippen molar-refractivity contribution in [3.05, 3.63) is 0 Å². The van der Waals surface area contributed by atoms with E-state index in [0.29, 0.717) is 13.0 Å². The summed E-state index contributed by atoms with van der Waals surface area (Å²) in [4.78, 5) is 22.6. The van der Waals surface area contributed by atoms with Crippen molar-refractivity contribution in [1.29, 1.82) is 0 Å². The lowest BCUT2D eigenvalue weighted by atomic mass is 10.2. The molecule has 2 N–H and O–H groups in total. The fourth-order valence-electron chi connectivity index (χ4n) is 1.70. The zero-order valence-corrected chi connectivity index (χ0v) is 10.5. The second kappa shape index (κ2) is 8.06. The molecule has 0 spiro atoms. The highest BCUT2D eigenvalue weighted by atomic mass is 16.5. The highest BCUT2D eigenvalue weighted by Gasteiger charge is 2.16. The smallest absolute Gasteiger partial charge is 0.239 e. The molecule has 0 radical (unpaired) electrons. The lowest BCUT2D eigenvalue weighted by molar-refractivity contribution is -0.126. The molecule has 0 saturated carbocycles. The van der Waals surface area contributed by atoms with Crippen LogP contribution in [-0.2, 0) is 14.3 Å². The minimum atomic E-state index is -0.148. The maximum atomic E-state index is 11.4. The Morgan fingerprint density at radius 2 is 2.12 bits per heavy atom. The Morgan fingerprint density at radius 3 is 2.76 bits per heavy atom. The molecule has 0 aliphatic carbocycles. The molecule has 5 nitrogen and oxygen atoms in total. The van der Waals surface area contributed by atoms with Crippen LogP contribution >= 0.6 is 0 Å². The Kier molecular flexibility index (Phi) is 6.62. The van der Waals surface area contributed by atoms with Gasteiger partial charge in [-0.1, -0.05) is 13.3 Å². The van der Waals surface area contributed by atoms with E-state index in [4.69, 9.17) is 4.74 Å². The van der Waals surface area contributed by atoms with Gasteiger partial charge in [-0.2, -0.15) is 0 Å². The van der Waals surface area contributed by atoms with Crippen molar-refractivity contribution in [1.82, 2.24) is 10.6 Å². The van der Waals surface area contributed by atoms with E-state index >= 15 is 0 Å². The molecule has 1 aliphatic rings. The Labute approximate surface area is 102 Å². The number of carbonyl (C=O) groups excluding carboxylic acids is 2. The summed E-state index contributed by atoms with van der Waals surface area (Å²) in [5.41, 5.74) is 0. The average Bonchev–Trinajstić information content (AvgIpc) is 2.84. The summed E-state index contributed by atoms with van der Waals surface area (Å²) >= 11 is 0. The van der Waals surface area contributed by atoms with E-state index in [-0.39, 0.29) is 24.5 Å². The molecule has 0 aromatic rings. The lowest BCUT2D eigenvalue weighted by Crippen LogP contribution is -2.39. The molecule has 1 fully saturated rings. The van der Waals surface area contributed by atoms with Crippen molar-refractivity contribution in [2.45, 2.75) is 45.1 Å². The number of nitrogens with one attached hydrogen (secondary N) is 2. The molecular formula is C12H22N2O3. The largest absolute Gasteiger partial charge is 0.376 e. The number of unbranched alkanes of at least 4 members (excludes halogenated alkanes) is 1. The van der Waals surface area contributed by atoms with Crippen LogP contribution in [0.1, 0.15) is 39.0 Å². The van der Waals surface area contributed by atoms with Gasteiger partial charge in [-0.15, -0.1) is 0 Å². The number of carbonyl (C=O) groups is 2. The monoisotopic (exact) mass is 242 g/mol. The second-order valence-electron chi connectivity index (χ2n) is 4.32. The molecule has 1 heterocycles. The molecule has 0 aromatic heterocycles. The summed E-state index contributed by atoms with van der Waals surface area (Å²) in [6.45, 7) is 3.43. The van der Waals surface area contributed by atoms with Crippen molar-refractivity contribution in [3.8, 4) is 0 Å². The summed E-state index contributed by atoms with van der Waals surface area (Å²) < 4.78 is 5.38. The van der Waals surface area contributed by atoms with Crippen LogP contribution in [-0.4, -0.2) is 37.6 Å². The molecule has 2 amide bonds. The van der Waals surface area contributed by atoms with Gasteiger partial charge in [-0.3, -0.25) is 9.59 Å². The number of amides is 2. The average molecular weight is 242 g/mol. The van der Waals surface area contributed by atoms with Crippen molar-refractivity contribution < 1.29 is 14.3 Å². The number of rotatable bonds is 7. The Balaban J connectivity index is 2.02. The van der Waals surface area contributed by atoms with Crippen LogP contribution in [0.25, 0.3) is 0 Å². The van der Waals surface area contributed by atoms with Gasteiger partial charge in [0.15, 0.2) is 0 Å². The summed E-state index contributed by atoms with van der Waals surface area (Å²) in [7, 11) is 0. The third-order valence-corrected chi connectivity index (χ3v) is 2.75. The second-order valence-corrected chi connectivity index (χ2v) is 4.32. The molecule has 1 aliphatic heterocycles. The summed E-state index contributed by atoms with van der Waals surface area (Å²) in [6.07, 6.45) is 4.56. The van der Waals surface area contributed by atoms with E-state index < -0.39 is 0 Å². The maximum absolute atomic E-state index is 11.4. The SMILES string of the molecule is CCCCC(=O)NCC(=O)NCC1CCCO1. The maximum Gasteiger partial charge on any atom is 0.239 e. The number of hydrogen-bond donors (Lipinski definition) is 2. The Hall–Kier alpha value is -1.10. The normalized spacial score (nSPS) is 19.0. The first-order valence-corrected chi connectivity index (χ1v) is 6.37. The van der Waals surface area contributed by atoms with Gasteiger partial charge in [0, 0.05) is 19.6 Å². The highest BCUT2D eigenvalue weighted by Crippen LogP contribution is 2.10. The molecule has 98 valence electrons. The van der Waals surface area contributed by atoms with Gasteiger partial charge in [-0.25, -0.2) is 0 Å². The van der Waals surface area contributed by atoms with Crippen LogP contribution in [0, 0.1) is 0 Å². The van der Waals surface area contributed by atoms with Gasteiger partial charge >= 0.3 is 0 Å². The van der Waals surface area contributed by atoms with E-state index in [1.54, 1.807) is 0 Å². The van der Waals surface area contributed by atoms with Crippen molar-refractivity contribution in [3.63, 3.8) is 0 Å². The summed E-state index contributed by atoms with van der Waals surface area (Å²) in [5, 5.41) is 5.36. The zero-order valence-electron chi connectivity index (χ0n) is 10.5. The van der Waals surface area contributed by atoms with Gasteiger partial charge in [0.1, 0.15) is 0 Å². The van der Waals surface area contributed by atoms with Crippen molar-refractivity contribution in [2.24, 2.45) is 0 Å². The van der Waals surface area contributed by atoms with Gasteiger partial charge < -0.3 is 15.4 Å².